The first-order chi connectivity index (χ1) is 16.8. The van der Waals surface area contributed by atoms with E-state index in [-0.39, 0.29) is 22.2 Å². The minimum atomic E-state index is -3.98. The normalized spacial score (nSPS) is 14.9. The SMILES string of the molecule is C=S(C)CN=C(SCCCS(=O)(=O)O)C1c2ccccc2N(Cc2ccccc2)c2ccccc21. The van der Waals surface area contributed by atoms with Gasteiger partial charge in [0.15, 0.2) is 0 Å². The maximum atomic E-state index is 11.2. The second kappa shape index (κ2) is 11.6. The van der Waals surface area contributed by atoms with Crippen LogP contribution in [0.4, 0.5) is 11.4 Å². The molecule has 1 aliphatic heterocycles. The van der Waals surface area contributed by atoms with Crippen molar-refractivity contribution in [2.24, 2.45) is 4.99 Å². The molecule has 1 N–H and O–H groups in total. The van der Waals surface area contributed by atoms with Crippen molar-refractivity contribution in [2.75, 3.05) is 28.5 Å². The van der Waals surface area contributed by atoms with Gasteiger partial charge in [0.25, 0.3) is 10.1 Å². The van der Waals surface area contributed by atoms with Crippen molar-refractivity contribution in [1.82, 2.24) is 0 Å². The molecule has 4 rings (SSSR count). The van der Waals surface area contributed by atoms with Gasteiger partial charge in [-0.15, -0.1) is 11.8 Å². The summed E-state index contributed by atoms with van der Waals surface area (Å²) in [7, 11) is -4.08. The Morgan fingerprint density at radius 2 is 1.57 bits per heavy atom. The third kappa shape index (κ3) is 6.64. The number of nitrogens with zero attached hydrogens (tertiary/aromatic N) is 2. The molecule has 0 saturated heterocycles. The molecule has 3 aromatic carbocycles. The summed E-state index contributed by atoms with van der Waals surface area (Å²) in [6.45, 7) is 0.757. The minimum absolute atomic E-state index is 0.0475. The molecule has 0 amide bonds. The van der Waals surface area contributed by atoms with Gasteiger partial charge in [-0.3, -0.25) is 9.55 Å². The average Bonchev–Trinajstić information content (AvgIpc) is 2.84. The van der Waals surface area contributed by atoms with E-state index in [4.69, 9.17) is 9.55 Å². The minimum Gasteiger partial charge on any atom is -0.336 e. The van der Waals surface area contributed by atoms with Crippen LogP contribution in [0.1, 0.15) is 29.0 Å². The molecule has 3 aromatic rings. The number of thioether (sulfide) groups is 1. The zero-order valence-corrected chi connectivity index (χ0v) is 22.2. The van der Waals surface area contributed by atoms with Gasteiger partial charge in [-0.2, -0.15) is 18.9 Å². The van der Waals surface area contributed by atoms with Crippen molar-refractivity contribution < 1.29 is 13.0 Å². The standard InChI is InChI=1S/C27H30N2O3S3/c1-34(2)20-28-27(33-17-10-18-35(30,31)32)26-22-13-6-8-15-24(22)29(19-21-11-4-3-5-12-21)25-16-9-7-14-23(25)26/h3-9,11-16,26H,1,10,17-20H2,2H3,(H,30,31,32). The van der Waals surface area contributed by atoms with E-state index in [2.05, 4.69) is 89.8 Å². The van der Waals surface area contributed by atoms with Crippen molar-refractivity contribution in [1.29, 1.82) is 0 Å². The number of rotatable bonds is 9. The number of anilines is 2. The van der Waals surface area contributed by atoms with E-state index in [1.807, 2.05) is 6.07 Å². The number of benzene rings is 3. The zero-order valence-electron chi connectivity index (χ0n) is 19.7. The van der Waals surface area contributed by atoms with Gasteiger partial charge >= 0.3 is 0 Å². The summed E-state index contributed by atoms with van der Waals surface area (Å²) in [5.74, 6) is 5.01. The van der Waals surface area contributed by atoms with Crippen LogP contribution < -0.4 is 4.90 Å². The predicted molar refractivity (Wildman–Crippen MR) is 153 cm³/mol. The molecule has 184 valence electrons. The van der Waals surface area contributed by atoms with Crippen molar-refractivity contribution in [3.8, 4) is 0 Å². The van der Waals surface area contributed by atoms with E-state index < -0.39 is 10.1 Å². The number of para-hydroxylation sites is 2. The van der Waals surface area contributed by atoms with Crippen LogP contribution in [-0.4, -0.2) is 47.5 Å². The van der Waals surface area contributed by atoms with E-state index >= 15 is 0 Å². The highest BCUT2D eigenvalue weighted by atomic mass is 32.2. The molecular weight excluding hydrogens is 497 g/mol. The Bertz CT molecular complexity index is 1280. The van der Waals surface area contributed by atoms with Crippen LogP contribution in [0.15, 0.2) is 83.9 Å². The first kappa shape index (κ1) is 25.7. The Hall–Kier alpha value is -2.39. The third-order valence-corrected chi connectivity index (χ3v) is 8.27. The second-order valence-corrected chi connectivity index (χ2v) is 13.0. The highest BCUT2D eigenvalue weighted by molar-refractivity contribution is 8.14. The summed E-state index contributed by atoms with van der Waals surface area (Å²) in [5, 5.41) is 0.961. The Morgan fingerprint density at radius 3 is 2.14 bits per heavy atom. The van der Waals surface area contributed by atoms with Crippen LogP contribution in [0.2, 0.25) is 0 Å². The average molecular weight is 527 g/mol. The predicted octanol–water partition coefficient (Wildman–Crippen LogP) is 6.17. The summed E-state index contributed by atoms with van der Waals surface area (Å²) in [4.78, 5) is 7.35. The molecule has 0 spiro atoms. The number of hydrogen-bond acceptors (Lipinski definition) is 5. The second-order valence-electron chi connectivity index (χ2n) is 8.52. The Morgan fingerprint density at radius 1 is 1.00 bits per heavy atom. The Labute approximate surface area is 215 Å². The van der Waals surface area contributed by atoms with Gasteiger partial charge in [-0.1, -0.05) is 72.6 Å². The largest absolute Gasteiger partial charge is 0.336 e. The van der Waals surface area contributed by atoms with Gasteiger partial charge < -0.3 is 4.90 Å². The summed E-state index contributed by atoms with van der Waals surface area (Å²) >= 11 is 1.58. The molecule has 1 heterocycles. The van der Waals surface area contributed by atoms with Gasteiger partial charge in [0.05, 0.1) is 22.6 Å². The van der Waals surface area contributed by atoms with Crippen molar-refractivity contribution in [3.05, 3.63) is 95.6 Å². The molecule has 0 aromatic heterocycles. The first-order valence-corrected chi connectivity index (χ1v) is 15.9. The Balaban J connectivity index is 1.75. The summed E-state index contributed by atoms with van der Waals surface area (Å²) in [6, 6.07) is 27.4. The molecule has 0 bridgehead atoms. The molecule has 1 atom stereocenters. The lowest BCUT2D eigenvalue weighted by molar-refractivity contribution is 0.482. The lowest BCUT2D eigenvalue weighted by Gasteiger charge is -2.38. The zero-order chi connectivity index (χ0) is 24.8. The smallest absolute Gasteiger partial charge is 0.264 e. The quantitative estimate of drug-likeness (QED) is 0.119. The fourth-order valence-corrected chi connectivity index (χ4v) is 6.47. The van der Waals surface area contributed by atoms with E-state index in [0.717, 1.165) is 23.0 Å². The van der Waals surface area contributed by atoms with E-state index in [9.17, 15) is 8.42 Å². The molecular formula is C27H30N2O3S3. The van der Waals surface area contributed by atoms with Crippen LogP contribution in [0.5, 0.6) is 0 Å². The van der Waals surface area contributed by atoms with E-state index in [1.165, 1.54) is 16.7 Å². The molecule has 35 heavy (non-hydrogen) atoms. The first-order valence-electron chi connectivity index (χ1n) is 11.4. The third-order valence-electron chi connectivity index (χ3n) is 5.74. The number of aliphatic imine (C=N–C) groups is 1. The van der Waals surface area contributed by atoms with Gasteiger partial charge in [-0.25, -0.2) is 0 Å². The topological polar surface area (TPSA) is 70.0 Å². The van der Waals surface area contributed by atoms with Crippen LogP contribution in [0.3, 0.4) is 0 Å². The Kier molecular flexibility index (Phi) is 8.49. The fourth-order valence-electron chi connectivity index (χ4n) is 4.27. The van der Waals surface area contributed by atoms with Gasteiger partial charge in [0.2, 0.25) is 0 Å². The van der Waals surface area contributed by atoms with Gasteiger partial charge in [0, 0.05) is 23.7 Å². The molecule has 0 saturated carbocycles. The molecule has 5 nitrogen and oxygen atoms in total. The van der Waals surface area contributed by atoms with Gasteiger partial charge in [-0.05, 0) is 41.5 Å². The summed E-state index contributed by atoms with van der Waals surface area (Å²) in [5.41, 5.74) is 5.90. The molecule has 0 aliphatic carbocycles. The van der Waals surface area contributed by atoms with E-state index in [1.54, 1.807) is 11.8 Å². The fraction of sp³-hybridized carbons (Fsp3) is 0.259. The maximum Gasteiger partial charge on any atom is 0.264 e. The van der Waals surface area contributed by atoms with Crippen LogP contribution in [0, 0.1) is 0 Å². The van der Waals surface area contributed by atoms with Crippen LogP contribution >= 0.6 is 22.2 Å². The monoisotopic (exact) mass is 526 g/mol. The van der Waals surface area contributed by atoms with Crippen LogP contribution in [0.25, 0.3) is 0 Å². The van der Waals surface area contributed by atoms with Gasteiger partial charge in [0.1, 0.15) is 0 Å². The van der Waals surface area contributed by atoms with Crippen molar-refractivity contribution in [3.63, 3.8) is 0 Å². The molecule has 0 fully saturated rings. The van der Waals surface area contributed by atoms with E-state index in [0.29, 0.717) is 18.1 Å². The maximum absolute atomic E-state index is 11.2. The lowest BCUT2D eigenvalue weighted by atomic mass is 9.85. The molecule has 1 aliphatic rings. The van der Waals surface area contributed by atoms with Crippen LogP contribution in [-0.2, 0) is 16.7 Å². The lowest BCUT2D eigenvalue weighted by Crippen LogP contribution is -2.28. The summed E-state index contributed by atoms with van der Waals surface area (Å²) in [6.07, 6.45) is 2.43. The molecule has 1 unspecified atom stereocenters. The number of fused-ring (bicyclic) bond motifs is 2. The molecule has 8 heteroatoms. The van der Waals surface area contributed by atoms with Crippen molar-refractivity contribution in [2.45, 2.75) is 18.9 Å². The number of hydrogen-bond donors (Lipinski definition) is 1. The van der Waals surface area contributed by atoms with Crippen molar-refractivity contribution >= 4 is 54.7 Å². The highest BCUT2D eigenvalue weighted by Crippen LogP contribution is 2.48. The highest BCUT2D eigenvalue weighted by Gasteiger charge is 2.33. The summed E-state index contributed by atoms with van der Waals surface area (Å²) < 4.78 is 31.6. The molecule has 0 radical (unpaired) electrons.